The van der Waals surface area contributed by atoms with Gasteiger partial charge in [0.05, 0.1) is 0 Å². The molecular weight excluding hydrogens is 176 g/mol. The maximum Gasteiger partial charge on any atom is 0.134 e. The van der Waals surface area contributed by atoms with Crippen molar-refractivity contribution in [3.05, 3.63) is 47.7 Å². The van der Waals surface area contributed by atoms with Crippen LogP contribution in [0.25, 0.3) is 11.3 Å². The van der Waals surface area contributed by atoms with Gasteiger partial charge in [-0.15, -0.1) is 0 Å². The van der Waals surface area contributed by atoms with E-state index in [0.29, 0.717) is 5.76 Å². The van der Waals surface area contributed by atoms with Gasteiger partial charge in [-0.3, -0.25) is 0 Å². The predicted octanol–water partition coefficient (Wildman–Crippen LogP) is 2.75. The van der Waals surface area contributed by atoms with Crippen LogP contribution in [0.4, 0.5) is 0 Å². The number of benzene rings is 1. The van der Waals surface area contributed by atoms with Gasteiger partial charge in [-0.2, -0.15) is 0 Å². The molecule has 0 unspecified atom stereocenters. The van der Waals surface area contributed by atoms with Crippen molar-refractivity contribution < 1.29 is 9.52 Å². The minimum absolute atomic E-state index is 0.0498. The van der Waals surface area contributed by atoms with Gasteiger partial charge in [-0.05, 0) is 25.1 Å². The number of aliphatic hydroxyl groups excluding tert-OH is 1. The summed E-state index contributed by atoms with van der Waals surface area (Å²) >= 11 is 0. The zero-order valence-corrected chi connectivity index (χ0v) is 8.03. The monoisotopic (exact) mass is 188 g/mol. The number of rotatable bonds is 2. The van der Waals surface area contributed by atoms with Crippen LogP contribution in [-0.2, 0) is 6.61 Å². The van der Waals surface area contributed by atoms with E-state index >= 15 is 0 Å². The smallest absolute Gasteiger partial charge is 0.134 e. The maximum absolute atomic E-state index is 8.86. The Labute approximate surface area is 82.8 Å². The number of hydrogen-bond donors (Lipinski definition) is 1. The molecule has 1 heterocycles. The summed E-state index contributed by atoms with van der Waals surface area (Å²) in [6.07, 6.45) is 0. The molecule has 2 rings (SSSR count). The Morgan fingerprint density at radius 1 is 1.21 bits per heavy atom. The van der Waals surface area contributed by atoms with Gasteiger partial charge in [-0.25, -0.2) is 0 Å². The second-order valence-electron chi connectivity index (χ2n) is 3.29. The number of hydrogen-bond acceptors (Lipinski definition) is 2. The molecule has 0 saturated carbocycles. The lowest BCUT2D eigenvalue weighted by Gasteiger charge is -1.98. The van der Waals surface area contributed by atoms with Crippen molar-refractivity contribution in [2.45, 2.75) is 13.5 Å². The van der Waals surface area contributed by atoms with E-state index in [2.05, 4.69) is 6.07 Å². The first kappa shape index (κ1) is 9.03. The zero-order chi connectivity index (χ0) is 9.97. The summed E-state index contributed by atoms with van der Waals surface area (Å²) < 4.78 is 5.42. The van der Waals surface area contributed by atoms with E-state index in [9.17, 15) is 0 Å². The molecule has 1 aromatic heterocycles. The van der Waals surface area contributed by atoms with E-state index in [-0.39, 0.29) is 6.61 Å². The summed E-state index contributed by atoms with van der Waals surface area (Å²) in [6, 6.07) is 11.7. The van der Waals surface area contributed by atoms with Crippen molar-refractivity contribution >= 4 is 0 Å². The van der Waals surface area contributed by atoms with E-state index in [0.717, 1.165) is 11.3 Å². The molecule has 2 heteroatoms. The van der Waals surface area contributed by atoms with Crippen LogP contribution in [-0.4, -0.2) is 5.11 Å². The summed E-state index contributed by atoms with van der Waals surface area (Å²) in [4.78, 5) is 0. The molecule has 0 radical (unpaired) electrons. The van der Waals surface area contributed by atoms with Crippen molar-refractivity contribution in [3.63, 3.8) is 0 Å². The summed E-state index contributed by atoms with van der Waals surface area (Å²) in [5, 5.41) is 8.86. The van der Waals surface area contributed by atoms with Crippen LogP contribution in [0.3, 0.4) is 0 Å². The highest BCUT2D eigenvalue weighted by Crippen LogP contribution is 2.22. The SMILES string of the molecule is Cc1cccc(-c2ccc(CO)o2)c1. The highest BCUT2D eigenvalue weighted by Gasteiger charge is 2.03. The Kier molecular flexibility index (Phi) is 2.37. The predicted molar refractivity (Wildman–Crippen MR) is 54.8 cm³/mol. The third-order valence-electron chi connectivity index (χ3n) is 2.12. The molecule has 0 spiro atoms. The van der Waals surface area contributed by atoms with Crippen LogP contribution in [0.2, 0.25) is 0 Å². The summed E-state index contributed by atoms with van der Waals surface area (Å²) in [6.45, 7) is 1.99. The minimum Gasteiger partial charge on any atom is -0.459 e. The van der Waals surface area contributed by atoms with Crippen LogP contribution < -0.4 is 0 Å². The van der Waals surface area contributed by atoms with Crippen molar-refractivity contribution in [3.8, 4) is 11.3 Å². The van der Waals surface area contributed by atoms with Crippen LogP contribution in [0.5, 0.6) is 0 Å². The van der Waals surface area contributed by atoms with E-state index in [4.69, 9.17) is 9.52 Å². The first-order chi connectivity index (χ1) is 6.79. The van der Waals surface area contributed by atoms with Crippen molar-refractivity contribution in [1.29, 1.82) is 0 Å². The number of furan rings is 1. The van der Waals surface area contributed by atoms with E-state index in [1.54, 1.807) is 6.07 Å². The third kappa shape index (κ3) is 1.70. The molecule has 1 N–H and O–H groups in total. The molecule has 0 aliphatic heterocycles. The molecule has 72 valence electrons. The molecule has 0 atom stereocenters. The highest BCUT2D eigenvalue weighted by molar-refractivity contribution is 5.58. The van der Waals surface area contributed by atoms with Gasteiger partial charge < -0.3 is 9.52 Å². The first-order valence-corrected chi connectivity index (χ1v) is 4.56. The lowest BCUT2D eigenvalue weighted by atomic mass is 10.1. The fourth-order valence-corrected chi connectivity index (χ4v) is 1.42. The molecule has 0 bridgehead atoms. The van der Waals surface area contributed by atoms with Crippen molar-refractivity contribution in [2.75, 3.05) is 0 Å². The molecule has 0 aliphatic rings. The largest absolute Gasteiger partial charge is 0.459 e. The molecule has 0 saturated heterocycles. The summed E-state index contributed by atoms with van der Waals surface area (Å²) in [5.74, 6) is 1.40. The molecule has 0 amide bonds. The fourth-order valence-electron chi connectivity index (χ4n) is 1.42. The van der Waals surface area contributed by atoms with Gasteiger partial charge in [0.2, 0.25) is 0 Å². The number of aliphatic hydroxyl groups is 1. The molecule has 1 aromatic carbocycles. The van der Waals surface area contributed by atoms with Crippen LogP contribution in [0.1, 0.15) is 11.3 Å². The quantitative estimate of drug-likeness (QED) is 0.786. The van der Waals surface area contributed by atoms with E-state index in [1.165, 1.54) is 5.56 Å². The van der Waals surface area contributed by atoms with Gasteiger partial charge in [0.25, 0.3) is 0 Å². The minimum atomic E-state index is -0.0498. The fraction of sp³-hybridized carbons (Fsp3) is 0.167. The van der Waals surface area contributed by atoms with Gasteiger partial charge in [0.15, 0.2) is 0 Å². The molecule has 0 aliphatic carbocycles. The van der Waals surface area contributed by atoms with Gasteiger partial charge in [0.1, 0.15) is 18.1 Å². The summed E-state index contributed by atoms with van der Waals surface area (Å²) in [5.41, 5.74) is 2.24. The average molecular weight is 188 g/mol. The molecule has 0 fully saturated rings. The Hall–Kier alpha value is -1.54. The van der Waals surface area contributed by atoms with Gasteiger partial charge in [-0.1, -0.05) is 23.8 Å². The Bertz CT molecular complexity index is 429. The van der Waals surface area contributed by atoms with Crippen LogP contribution in [0, 0.1) is 6.92 Å². The van der Waals surface area contributed by atoms with E-state index in [1.807, 2.05) is 31.2 Å². The standard InChI is InChI=1S/C12H12O2/c1-9-3-2-4-10(7-9)12-6-5-11(8-13)14-12/h2-7,13H,8H2,1H3. The average Bonchev–Trinajstić information content (AvgIpc) is 2.66. The normalized spacial score (nSPS) is 10.4. The van der Waals surface area contributed by atoms with E-state index < -0.39 is 0 Å². The summed E-state index contributed by atoms with van der Waals surface area (Å²) in [7, 11) is 0. The topological polar surface area (TPSA) is 33.4 Å². The third-order valence-corrected chi connectivity index (χ3v) is 2.12. The highest BCUT2D eigenvalue weighted by atomic mass is 16.4. The molecular formula is C12H12O2. The first-order valence-electron chi connectivity index (χ1n) is 4.56. The van der Waals surface area contributed by atoms with Crippen LogP contribution in [0.15, 0.2) is 40.8 Å². The van der Waals surface area contributed by atoms with Crippen LogP contribution >= 0.6 is 0 Å². The molecule has 2 nitrogen and oxygen atoms in total. The second-order valence-corrected chi connectivity index (χ2v) is 3.29. The Morgan fingerprint density at radius 3 is 2.71 bits per heavy atom. The van der Waals surface area contributed by atoms with Crippen molar-refractivity contribution in [2.24, 2.45) is 0 Å². The molecule has 2 aromatic rings. The van der Waals surface area contributed by atoms with Gasteiger partial charge in [0, 0.05) is 5.56 Å². The van der Waals surface area contributed by atoms with Gasteiger partial charge >= 0.3 is 0 Å². The number of aryl methyl sites for hydroxylation is 1. The lowest BCUT2D eigenvalue weighted by Crippen LogP contribution is -1.77. The zero-order valence-electron chi connectivity index (χ0n) is 8.03. The Morgan fingerprint density at radius 2 is 2.07 bits per heavy atom. The van der Waals surface area contributed by atoms with Crippen molar-refractivity contribution in [1.82, 2.24) is 0 Å². The molecule has 14 heavy (non-hydrogen) atoms. The second kappa shape index (κ2) is 3.68. The Balaban J connectivity index is 2.39. The maximum atomic E-state index is 8.86. The lowest BCUT2D eigenvalue weighted by molar-refractivity contribution is 0.248.